The standard InChI is InChI=1S/C27H36F3NO8/c1-14-8-7-9-26(27(28,29)30)20(39-26)11-18(15(2)10-17-13-37-24(31-17)36-6)38-21(33)12-19(32)25(4,5)23(35)16(3)22(14)34/h7-8,10,13-14,16,18-20,22,32,34H,9,11-12H2,1-6H3/b8-7+,15-10+/t14-,16+,18-,19-,20?,22-,26?/m0/s1. The number of oxazole rings is 1. The van der Waals surface area contributed by atoms with E-state index in [4.69, 9.17) is 18.6 Å². The predicted molar refractivity (Wildman–Crippen MR) is 132 cm³/mol. The van der Waals surface area contributed by atoms with Gasteiger partial charge in [-0.25, -0.2) is 0 Å². The first kappa shape index (κ1) is 30.8. The Labute approximate surface area is 225 Å². The predicted octanol–water partition coefficient (Wildman–Crippen LogP) is 4.03. The van der Waals surface area contributed by atoms with Crippen molar-refractivity contribution < 1.29 is 51.6 Å². The summed E-state index contributed by atoms with van der Waals surface area (Å²) in [5, 5.41) is 21.5. The summed E-state index contributed by atoms with van der Waals surface area (Å²) in [6.45, 7) is 7.56. The Morgan fingerprint density at radius 1 is 1.23 bits per heavy atom. The largest absolute Gasteiger partial charge is 0.458 e. The van der Waals surface area contributed by atoms with E-state index in [1.54, 1.807) is 13.8 Å². The van der Waals surface area contributed by atoms with Gasteiger partial charge in [-0.15, -0.1) is 0 Å². The number of ether oxygens (including phenoxy) is 3. The number of halogens is 3. The molecular formula is C27H36F3NO8. The van der Waals surface area contributed by atoms with Crippen LogP contribution in [0.2, 0.25) is 0 Å². The van der Waals surface area contributed by atoms with Crippen molar-refractivity contribution in [1.82, 2.24) is 4.98 Å². The van der Waals surface area contributed by atoms with E-state index in [-0.39, 0.29) is 12.5 Å². The minimum atomic E-state index is -4.72. The second-order valence-electron chi connectivity index (χ2n) is 10.9. The molecule has 1 aromatic rings. The molecule has 0 aromatic carbocycles. The maximum atomic E-state index is 14.1. The van der Waals surface area contributed by atoms with Crippen molar-refractivity contribution in [1.29, 1.82) is 0 Å². The van der Waals surface area contributed by atoms with Crippen LogP contribution in [0.1, 0.15) is 59.6 Å². The molecule has 1 fully saturated rings. The third kappa shape index (κ3) is 6.55. The van der Waals surface area contributed by atoms with Crippen LogP contribution in [0.5, 0.6) is 6.08 Å². The Morgan fingerprint density at radius 2 is 1.90 bits per heavy atom. The molecule has 2 unspecified atom stereocenters. The van der Waals surface area contributed by atoms with E-state index >= 15 is 0 Å². The zero-order valence-corrected chi connectivity index (χ0v) is 22.8. The molecule has 0 spiro atoms. The molecule has 1 saturated heterocycles. The minimum Gasteiger partial charge on any atom is -0.458 e. The number of rotatable bonds is 3. The molecule has 0 aliphatic carbocycles. The van der Waals surface area contributed by atoms with Gasteiger partial charge in [0.1, 0.15) is 29.9 Å². The highest BCUT2D eigenvalue weighted by Crippen LogP contribution is 2.54. The van der Waals surface area contributed by atoms with E-state index in [2.05, 4.69) is 4.98 Å². The number of alkyl halides is 3. The molecule has 7 atom stereocenters. The third-order valence-electron chi connectivity index (χ3n) is 7.71. The van der Waals surface area contributed by atoms with Gasteiger partial charge in [0.25, 0.3) is 0 Å². The van der Waals surface area contributed by atoms with Crippen molar-refractivity contribution in [3.05, 3.63) is 29.7 Å². The van der Waals surface area contributed by atoms with E-state index in [0.717, 1.165) is 0 Å². The summed E-state index contributed by atoms with van der Waals surface area (Å²) in [7, 11) is 1.35. The highest BCUT2D eigenvalue weighted by Gasteiger charge is 2.72. The van der Waals surface area contributed by atoms with Crippen molar-refractivity contribution in [2.75, 3.05) is 7.11 Å². The van der Waals surface area contributed by atoms with Gasteiger partial charge in [0, 0.05) is 24.7 Å². The first-order chi connectivity index (χ1) is 18.0. The smallest absolute Gasteiger partial charge is 0.420 e. The van der Waals surface area contributed by atoms with Crippen LogP contribution >= 0.6 is 0 Å². The lowest BCUT2D eigenvalue weighted by Crippen LogP contribution is -2.45. The van der Waals surface area contributed by atoms with Crippen LogP contribution in [0, 0.1) is 17.3 Å². The fourth-order valence-corrected chi connectivity index (χ4v) is 4.83. The molecule has 3 heterocycles. The first-order valence-corrected chi connectivity index (χ1v) is 12.7. The molecule has 3 rings (SSSR count). The van der Waals surface area contributed by atoms with Gasteiger partial charge >= 0.3 is 18.2 Å². The Kier molecular flexibility index (Phi) is 9.03. The SMILES string of the molecule is COc1nc(/C=C(\C)[C@@H]2CC3OC3(C(F)(F)F)C/C=C/[C@H](C)[C@H](O)[C@@H](C)C(=O)C(C)(C)[C@@H](O)CC(=O)O2)co1. The summed E-state index contributed by atoms with van der Waals surface area (Å²) in [5.41, 5.74) is -3.25. The van der Waals surface area contributed by atoms with Gasteiger partial charge in [-0.1, -0.05) is 39.8 Å². The van der Waals surface area contributed by atoms with Crippen LogP contribution < -0.4 is 4.74 Å². The average Bonchev–Trinajstić information content (AvgIpc) is 3.38. The fraction of sp³-hybridized carbons (Fsp3) is 0.667. The highest BCUT2D eigenvalue weighted by molar-refractivity contribution is 5.88. The van der Waals surface area contributed by atoms with Gasteiger partial charge < -0.3 is 28.8 Å². The van der Waals surface area contributed by atoms with Gasteiger partial charge in [-0.05, 0) is 18.6 Å². The number of hydrogen-bond donors (Lipinski definition) is 2. The van der Waals surface area contributed by atoms with Crippen LogP contribution in [-0.2, 0) is 19.1 Å². The summed E-state index contributed by atoms with van der Waals surface area (Å²) < 4.78 is 63.2. The van der Waals surface area contributed by atoms with Gasteiger partial charge in [-0.2, -0.15) is 18.2 Å². The van der Waals surface area contributed by atoms with Gasteiger partial charge in [0.2, 0.25) is 0 Å². The summed E-state index contributed by atoms with van der Waals surface area (Å²) >= 11 is 0. The minimum absolute atomic E-state index is 0.0268. The first-order valence-electron chi connectivity index (χ1n) is 12.7. The highest BCUT2D eigenvalue weighted by atomic mass is 19.4. The molecule has 2 N–H and O–H groups in total. The van der Waals surface area contributed by atoms with Gasteiger partial charge in [0.15, 0.2) is 5.60 Å². The number of Topliss-reactive ketones (excluding diaryl/α,β-unsaturated/α-hetero) is 1. The molecule has 9 nitrogen and oxygen atoms in total. The van der Waals surface area contributed by atoms with E-state index in [9.17, 15) is 33.0 Å². The Morgan fingerprint density at radius 3 is 2.49 bits per heavy atom. The van der Waals surface area contributed by atoms with E-state index in [1.807, 2.05) is 0 Å². The lowest BCUT2D eigenvalue weighted by atomic mass is 9.73. The van der Waals surface area contributed by atoms with Crippen LogP contribution in [0.3, 0.4) is 0 Å². The maximum absolute atomic E-state index is 14.1. The monoisotopic (exact) mass is 559 g/mol. The number of esters is 1. The van der Waals surface area contributed by atoms with Crippen molar-refractivity contribution in [3.8, 4) is 6.08 Å². The molecule has 0 radical (unpaired) electrons. The summed E-state index contributed by atoms with van der Waals surface area (Å²) in [6, 6.07) is 0. The number of ketones is 1. The average molecular weight is 560 g/mol. The Bertz CT molecular complexity index is 1110. The number of cyclic esters (lactones) is 1. The maximum Gasteiger partial charge on any atom is 0.420 e. The molecule has 12 heteroatoms. The molecule has 1 aromatic heterocycles. The molecular weight excluding hydrogens is 523 g/mol. The number of carbonyl (C=O) groups excluding carboxylic acids is 2. The molecule has 0 amide bonds. The lowest BCUT2D eigenvalue weighted by Gasteiger charge is -2.34. The molecule has 0 saturated carbocycles. The number of methoxy groups -OCH3 is 1. The zero-order valence-electron chi connectivity index (χ0n) is 22.8. The number of hydrogen-bond acceptors (Lipinski definition) is 9. The van der Waals surface area contributed by atoms with Crippen molar-refractivity contribution in [2.45, 2.75) is 90.1 Å². The van der Waals surface area contributed by atoms with Gasteiger partial charge in [0.05, 0.1) is 31.2 Å². The van der Waals surface area contributed by atoms with Crippen molar-refractivity contribution in [3.63, 3.8) is 0 Å². The van der Waals surface area contributed by atoms with Crippen LogP contribution in [0.15, 0.2) is 28.4 Å². The second-order valence-corrected chi connectivity index (χ2v) is 10.9. The molecule has 2 aliphatic heterocycles. The number of aliphatic hydroxyl groups excluding tert-OH is 2. The Balaban J connectivity index is 1.98. The number of carbonyl (C=O) groups is 2. The summed E-state index contributed by atoms with van der Waals surface area (Å²) in [5.74, 6) is -3.02. The third-order valence-corrected chi connectivity index (χ3v) is 7.71. The number of fused-ring (bicyclic) bond motifs is 1. The summed E-state index contributed by atoms with van der Waals surface area (Å²) in [4.78, 5) is 30.1. The van der Waals surface area contributed by atoms with Crippen molar-refractivity contribution in [2.24, 2.45) is 17.3 Å². The Hall–Kier alpha value is -2.70. The topological polar surface area (TPSA) is 132 Å². The van der Waals surface area contributed by atoms with E-state index < -0.39 is 78.0 Å². The van der Waals surface area contributed by atoms with E-state index in [1.165, 1.54) is 52.4 Å². The zero-order chi connectivity index (χ0) is 29.3. The van der Waals surface area contributed by atoms with Crippen LogP contribution in [0.4, 0.5) is 13.2 Å². The second kappa shape index (κ2) is 11.4. The molecule has 39 heavy (non-hydrogen) atoms. The normalized spacial score (nSPS) is 35.6. The number of nitrogens with zero attached hydrogens (tertiary/aromatic N) is 1. The van der Waals surface area contributed by atoms with Crippen LogP contribution in [-0.4, -0.2) is 70.3 Å². The number of epoxide rings is 1. The number of aliphatic hydroxyl groups is 2. The quantitative estimate of drug-likeness (QED) is 0.320. The van der Waals surface area contributed by atoms with Gasteiger partial charge in [-0.3, -0.25) is 9.59 Å². The van der Waals surface area contributed by atoms with Crippen molar-refractivity contribution >= 4 is 17.8 Å². The van der Waals surface area contributed by atoms with E-state index in [0.29, 0.717) is 11.3 Å². The lowest BCUT2D eigenvalue weighted by molar-refractivity contribution is -0.183. The molecule has 0 bridgehead atoms. The fourth-order valence-electron chi connectivity index (χ4n) is 4.83. The van der Waals surface area contributed by atoms with Crippen LogP contribution in [0.25, 0.3) is 6.08 Å². The summed E-state index contributed by atoms with van der Waals surface area (Å²) in [6.07, 6.45) is -5.86. The number of aromatic nitrogens is 1. The molecule has 218 valence electrons. The molecule has 2 aliphatic rings.